The standard InChI is InChI=1S/C14H9F2N3O/c15-11-3-1-10(12(16)5-11)7-19-13(20)4-2-9-6-17-8-18-14(9)19/h1-6,8H,7H2. The van der Waals surface area contributed by atoms with E-state index in [1.54, 1.807) is 12.3 Å². The summed E-state index contributed by atoms with van der Waals surface area (Å²) in [7, 11) is 0. The lowest BCUT2D eigenvalue weighted by atomic mass is 10.2. The summed E-state index contributed by atoms with van der Waals surface area (Å²) in [6, 6.07) is 6.24. The number of aromatic nitrogens is 3. The predicted octanol–water partition coefficient (Wildman–Crippen LogP) is 2.12. The molecule has 0 atom stereocenters. The van der Waals surface area contributed by atoms with Gasteiger partial charge < -0.3 is 0 Å². The van der Waals surface area contributed by atoms with Gasteiger partial charge in [-0.15, -0.1) is 0 Å². The molecule has 0 saturated heterocycles. The summed E-state index contributed by atoms with van der Waals surface area (Å²) in [4.78, 5) is 19.8. The van der Waals surface area contributed by atoms with Crippen LogP contribution in [-0.4, -0.2) is 14.5 Å². The number of fused-ring (bicyclic) bond motifs is 1. The van der Waals surface area contributed by atoms with Crippen LogP contribution in [0.5, 0.6) is 0 Å². The third kappa shape index (κ3) is 2.16. The molecule has 0 fully saturated rings. The molecule has 3 rings (SSSR count). The molecule has 0 spiro atoms. The quantitative estimate of drug-likeness (QED) is 0.718. The molecule has 0 radical (unpaired) electrons. The molecule has 2 heterocycles. The van der Waals surface area contributed by atoms with Gasteiger partial charge in [-0.3, -0.25) is 9.36 Å². The Hall–Kier alpha value is -2.63. The van der Waals surface area contributed by atoms with E-state index in [1.165, 1.54) is 23.0 Å². The van der Waals surface area contributed by atoms with Crippen molar-refractivity contribution in [1.82, 2.24) is 14.5 Å². The molecule has 1 aromatic carbocycles. The lowest BCUT2D eigenvalue weighted by molar-refractivity contribution is 0.566. The molecule has 3 aromatic rings. The summed E-state index contributed by atoms with van der Waals surface area (Å²) in [6.07, 6.45) is 2.89. The van der Waals surface area contributed by atoms with Crippen molar-refractivity contribution >= 4 is 11.0 Å². The molecule has 0 aliphatic carbocycles. The van der Waals surface area contributed by atoms with E-state index in [4.69, 9.17) is 0 Å². The summed E-state index contributed by atoms with van der Waals surface area (Å²) in [5.74, 6) is -1.35. The van der Waals surface area contributed by atoms with Crippen molar-refractivity contribution in [1.29, 1.82) is 0 Å². The van der Waals surface area contributed by atoms with Crippen molar-refractivity contribution in [2.75, 3.05) is 0 Å². The Bertz CT molecular complexity index is 845. The van der Waals surface area contributed by atoms with Crippen molar-refractivity contribution in [2.45, 2.75) is 6.54 Å². The van der Waals surface area contributed by atoms with Gasteiger partial charge in [0.25, 0.3) is 5.56 Å². The van der Waals surface area contributed by atoms with Crippen molar-refractivity contribution in [2.24, 2.45) is 0 Å². The molecule has 0 aliphatic heterocycles. The van der Waals surface area contributed by atoms with Crippen LogP contribution in [0.15, 0.2) is 47.7 Å². The van der Waals surface area contributed by atoms with Gasteiger partial charge in [-0.2, -0.15) is 0 Å². The van der Waals surface area contributed by atoms with Crippen LogP contribution in [0.25, 0.3) is 11.0 Å². The lowest BCUT2D eigenvalue weighted by Crippen LogP contribution is -2.21. The fourth-order valence-corrected chi connectivity index (χ4v) is 2.01. The van der Waals surface area contributed by atoms with Crippen LogP contribution in [0.3, 0.4) is 0 Å². The molecular formula is C14H9F2N3O. The molecule has 0 N–H and O–H groups in total. The van der Waals surface area contributed by atoms with Gasteiger partial charge in [0.1, 0.15) is 23.6 Å². The predicted molar refractivity (Wildman–Crippen MR) is 69.3 cm³/mol. The smallest absolute Gasteiger partial charge is 0.252 e. The van der Waals surface area contributed by atoms with Gasteiger partial charge in [-0.25, -0.2) is 18.7 Å². The Morgan fingerprint density at radius 1 is 1.15 bits per heavy atom. The van der Waals surface area contributed by atoms with Gasteiger partial charge in [0, 0.05) is 29.3 Å². The van der Waals surface area contributed by atoms with Gasteiger partial charge >= 0.3 is 0 Å². The van der Waals surface area contributed by atoms with Gasteiger partial charge in [0.05, 0.1) is 6.54 Å². The third-order valence-electron chi connectivity index (χ3n) is 2.99. The average molecular weight is 273 g/mol. The minimum absolute atomic E-state index is 0.0146. The molecule has 0 unspecified atom stereocenters. The number of hydrogen-bond acceptors (Lipinski definition) is 3. The number of halogens is 2. The van der Waals surface area contributed by atoms with E-state index in [1.807, 2.05) is 0 Å². The minimum Gasteiger partial charge on any atom is -0.288 e. The van der Waals surface area contributed by atoms with E-state index in [-0.39, 0.29) is 17.7 Å². The normalized spacial score (nSPS) is 10.9. The average Bonchev–Trinajstić information content (AvgIpc) is 2.44. The largest absolute Gasteiger partial charge is 0.288 e. The van der Waals surface area contributed by atoms with Crippen LogP contribution in [0.2, 0.25) is 0 Å². The summed E-state index contributed by atoms with van der Waals surface area (Å²) >= 11 is 0. The highest BCUT2D eigenvalue weighted by Gasteiger charge is 2.09. The Morgan fingerprint density at radius 2 is 2.00 bits per heavy atom. The zero-order chi connectivity index (χ0) is 14.1. The second-order valence-electron chi connectivity index (χ2n) is 4.30. The topological polar surface area (TPSA) is 47.8 Å². The first-order chi connectivity index (χ1) is 9.65. The summed E-state index contributed by atoms with van der Waals surface area (Å²) < 4.78 is 27.9. The molecule has 0 aliphatic rings. The highest BCUT2D eigenvalue weighted by Crippen LogP contribution is 2.13. The van der Waals surface area contributed by atoms with Gasteiger partial charge in [0.15, 0.2) is 0 Å². The van der Waals surface area contributed by atoms with E-state index in [0.717, 1.165) is 12.1 Å². The first-order valence-electron chi connectivity index (χ1n) is 5.88. The molecule has 6 heteroatoms. The van der Waals surface area contributed by atoms with Gasteiger partial charge in [-0.05, 0) is 12.1 Å². The number of benzene rings is 1. The maximum absolute atomic E-state index is 13.7. The molecule has 2 aromatic heterocycles. The fourth-order valence-electron chi connectivity index (χ4n) is 2.01. The van der Waals surface area contributed by atoms with Crippen LogP contribution < -0.4 is 5.56 Å². The maximum Gasteiger partial charge on any atom is 0.252 e. The molecule has 0 amide bonds. The second kappa shape index (κ2) is 4.80. The Kier molecular flexibility index (Phi) is 2.98. The fraction of sp³-hybridized carbons (Fsp3) is 0.0714. The highest BCUT2D eigenvalue weighted by atomic mass is 19.1. The maximum atomic E-state index is 13.7. The minimum atomic E-state index is -0.692. The van der Waals surface area contributed by atoms with Crippen LogP contribution in [-0.2, 0) is 6.54 Å². The highest BCUT2D eigenvalue weighted by molar-refractivity contribution is 5.73. The number of nitrogens with zero attached hydrogens (tertiary/aromatic N) is 3. The zero-order valence-corrected chi connectivity index (χ0v) is 10.3. The van der Waals surface area contributed by atoms with E-state index in [2.05, 4.69) is 9.97 Å². The van der Waals surface area contributed by atoms with Crippen LogP contribution in [0.4, 0.5) is 8.78 Å². The molecule has 0 saturated carbocycles. The van der Waals surface area contributed by atoms with Crippen molar-refractivity contribution in [3.05, 3.63) is 70.4 Å². The second-order valence-corrected chi connectivity index (χ2v) is 4.30. The summed E-state index contributed by atoms with van der Waals surface area (Å²) in [6.45, 7) is -0.0146. The first-order valence-corrected chi connectivity index (χ1v) is 5.88. The van der Waals surface area contributed by atoms with Crippen molar-refractivity contribution in [3.63, 3.8) is 0 Å². The monoisotopic (exact) mass is 273 g/mol. The number of pyridine rings is 1. The molecular weight excluding hydrogens is 264 g/mol. The van der Waals surface area contributed by atoms with E-state index >= 15 is 0 Å². The zero-order valence-electron chi connectivity index (χ0n) is 10.3. The number of rotatable bonds is 2. The van der Waals surface area contributed by atoms with Crippen LogP contribution in [0.1, 0.15) is 5.56 Å². The molecule has 4 nitrogen and oxygen atoms in total. The van der Waals surface area contributed by atoms with E-state index in [0.29, 0.717) is 11.0 Å². The van der Waals surface area contributed by atoms with Gasteiger partial charge in [-0.1, -0.05) is 6.07 Å². The Balaban J connectivity index is 2.15. The summed E-state index contributed by atoms with van der Waals surface area (Å²) in [5, 5.41) is 0.676. The molecule has 0 bridgehead atoms. The molecule has 100 valence electrons. The Morgan fingerprint density at radius 3 is 2.80 bits per heavy atom. The van der Waals surface area contributed by atoms with Crippen molar-refractivity contribution in [3.8, 4) is 0 Å². The third-order valence-corrected chi connectivity index (χ3v) is 2.99. The number of hydrogen-bond donors (Lipinski definition) is 0. The van der Waals surface area contributed by atoms with E-state index in [9.17, 15) is 13.6 Å². The van der Waals surface area contributed by atoms with Gasteiger partial charge in [0.2, 0.25) is 0 Å². The van der Waals surface area contributed by atoms with Crippen molar-refractivity contribution < 1.29 is 8.78 Å². The molecule has 20 heavy (non-hydrogen) atoms. The van der Waals surface area contributed by atoms with Crippen LogP contribution in [0, 0.1) is 11.6 Å². The Labute approximate surface area is 112 Å². The first kappa shape index (κ1) is 12.4. The van der Waals surface area contributed by atoms with Crippen LogP contribution >= 0.6 is 0 Å². The van der Waals surface area contributed by atoms with E-state index < -0.39 is 11.6 Å². The summed E-state index contributed by atoms with van der Waals surface area (Å²) in [5.41, 5.74) is 0.329. The SMILES string of the molecule is O=c1ccc2cncnc2n1Cc1ccc(F)cc1F. The lowest BCUT2D eigenvalue weighted by Gasteiger charge is -2.09.